The first-order valence-electron chi connectivity index (χ1n) is 9.58. The number of rotatable bonds is 7. The van der Waals surface area contributed by atoms with Crippen molar-refractivity contribution in [1.82, 2.24) is 15.5 Å². The third-order valence-electron chi connectivity index (χ3n) is 5.51. The summed E-state index contributed by atoms with van der Waals surface area (Å²) < 4.78 is 12.9. The van der Waals surface area contributed by atoms with Crippen LogP contribution in [0, 0.1) is 11.7 Å². The molecule has 2 aliphatic rings. The standard InChI is InChI=1S/C20H28FN3O2.ClH/c1-2-24(13-19(25)22-12-14-3-5-16(21)6-4-14)20(26)11-15-9-17-7-8-18(10-15)23-17;/h3-6,15,17-18,23H,2,7-13H2,1H3,(H,22,25);1H. The van der Waals surface area contributed by atoms with Crippen LogP contribution in [0.1, 0.15) is 44.6 Å². The summed E-state index contributed by atoms with van der Waals surface area (Å²) >= 11 is 0. The number of hydrogen-bond donors (Lipinski definition) is 2. The summed E-state index contributed by atoms with van der Waals surface area (Å²) in [5.74, 6) is 0.0115. The van der Waals surface area contributed by atoms with Gasteiger partial charge in [-0.1, -0.05) is 12.1 Å². The summed E-state index contributed by atoms with van der Waals surface area (Å²) in [5, 5.41) is 6.39. The van der Waals surface area contributed by atoms with E-state index in [-0.39, 0.29) is 36.6 Å². The van der Waals surface area contributed by atoms with Gasteiger partial charge in [-0.25, -0.2) is 4.39 Å². The predicted octanol–water partition coefficient (Wildman–Crippen LogP) is 2.63. The van der Waals surface area contributed by atoms with Crippen molar-refractivity contribution in [2.45, 2.75) is 57.7 Å². The molecule has 2 heterocycles. The summed E-state index contributed by atoms with van der Waals surface area (Å²) in [7, 11) is 0. The third kappa shape index (κ3) is 6.18. The van der Waals surface area contributed by atoms with Crippen molar-refractivity contribution in [2.24, 2.45) is 5.92 Å². The molecule has 3 rings (SSSR count). The van der Waals surface area contributed by atoms with Gasteiger partial charge in [-0.3, -0.25) is 9.59 Å². The molecular formula is C20H29ClFN3O2. The monoisotopic (exact) mass is 397 g/mol. The van der Waals surface area contributed by atoms with Crippen LogP contribution in [0.4, 0.5) is 4.39 Å². The highest BCUT2D eigenvalue weighted by molar-refractivity contribution is 5.85. The number of carbonyl (C=O) groups excluding carboxylic acids is 2. The van der Waals surface area contributed by atoms with E-state index in [0.717, 1.165) is 18.4 Å². The Morgan fingerprint density at radius 3 is 2.41 bits per heavy atom. The number of nitrogens with zero attached hydrogens (tertiary/aromatic N) is 1. The first-order valence-corrected chi connectivity index (χ1v) is 9.58. The number of halogens is 2. The zero-order valence-electron chi connectivity index (χ0n) is 15.7. The molecule has 5 nitrogen and oxygen atoms in total. The van der Waals surface area contributed by atoms with E-state index in [2.05, 4.69) is 10.6 Å². The van der Waals surface area contributed by atoms with E-state index in [0.29, 0.717) is 37.5 Å². The first kappa shape index (κ1) is 21.6. The lowest BCUT2D eigenvalue weighted by Gasteiger charge is -2.30. The molecule has 2 aliphatic heterocycles. The second-order valence-electron chi connectivity index (χ2n) is 7.49. The normalized spacial score (nSPS) is 23.4. The molecule has 0 aromatic heterocycles. The molecule has 27 heavy (non-hydrogen) atoms. The molecule has 1 aromatic carbocycles. The minimum atomic E-state index is -0.297. The van der Waals surface area contributed by atoms with Gasteiger partial charge < -0.3 is 15.5 Å². The number of amides is 2. The minimum Gasteiger partial charge on any atom is -0.350 e. The number of hydrogen-bond acceptors (Lipinski definition) is 3. The Hall–Kier alpha value is -1.66. The van der Waals surface area contributed by atoms with Gasteiger partial charge in [0.2, 0.25) is 11.8 Å². The number of nitrogens with one attached hydrogen (secondary N) is 2. The van der Waals surface area contributed by atoms with Gasteiger partial charge >= 0.3 is 0 Å². The maximum absolute atomic E-state index is 12.9. The van der Waals surface area contributed by atoms with E-state index in [1.165, 1.54) is 25.0 Å². The quantitative estimate of drug-likeness (QED) is 0.743. The van der Waals surface area contributed by atoms with Gasteiger partial charge in [-0.05, 0) is 56.2 Å². The van der Waals surface area contributed by atoms with E-state index in [9.17, 15) is 14.0 Å². The van der Waals surface area contributed by atoms with Gasteiger partial charge in [0, 0.05) is 31.6 Å². The van der Waals surface area contributed by atoms with Crippen LogP contribution < -0.4 is 10.6 Å². The van der Waals surface area contributed by atoms with Crippen LogP contribution >= 0.6 is 12.4 Å². The van der Waals surface area contributed by atoms with Crippen molar-refractivity contribution in [3.05, 3.63) is 35.6 Å². The van der Waals surface area contributed by atoms with E-state index in [4.69, 9.17) is 0 Å². The van der Waals surface area contributed by atoms with Crippen LogP contribution in [-0.4, -0.2) is 41.9 Å². The molecule has 2 amide bonds. The maximum atomic E-state index is 12.9. The van der Waals surface area contributed by atoms with E-state index >= 15 is 0 Å². The summed E-state index contributed by atoms with van der Waals surface area (Å²) in [6.45, 7) is 2.84. The number of benzene rings is 1. The summed E-state index contributed by atoms with van der Waals surface area (Å²) in [6.07, 6.45) is 5.11. The number of fused-ring (bicyclic) bond motifs is 2. The van der Waals surface area contributed by atoms with Crippen molar-refractivity contribution in [2.75, 3.05) is 13.1 Å². The van der Waals surface area contributed by atoms with Gasteiger partial charge in [0.05, 0.1) is 6.54 Å². The van der Waals surface area contributed by atoms with Crippen LogP contribution in [0.3, 0.4) is 0 Å². The fourth-order valence-corrected chi connectivity index (χ4v) is 4.13. The average Bonchev–Trinajstić information content (AvgIpc) is 2.97. The zero-order valence-corrected chi connectivity index (χ0v) is 16.6. The lowest BCUT2D eigenvalue weighted by atomic mass is 9.89. The average molecular weight is 398 g/mol. The van der Waals surface area contributed by atoms with Crippen LogP contribution in [0.25, 0.3) is 0 Å². The molecule has 2 unspecified atom stereocenters. The molecule has 7 heteroatoms. The summed E-state index contributed by atoms with van der Waals surface area (Å²) in [6, 6.07) is 7.17. The summed E-state index contributed by atoms with van der Waals surface area (Å²) in [4.78, 5) is 26.4. The Bertz CT molecular complexity index is 629. The van der Waals surface area contributed by atoms with Crippen LogP contribution in [-0.2, 0) is 16.1 Å². The largest absolute Gasteiger partial charge is 0.350 e. The lowest BCUT2D eigenvalue weighted by molar-refractivity contribution is -0.136. The molecule has 0 saturated carbocycles. The highest BCUT2D eigenvalue weighted by Crippen LogP contribution is 2.32. The van der Waals surface area contributed by atoms with Gasteiger partial charge in [0.25, 0.3) is 0 Å². The second kappa shape index (κ2) is 10.0. The molecule has 2 saturated heterocycles. The van der Waals surface area contributed by atoms with Crippen LogP contribution in [0.5, 0.6) is 0 Å². The van der Waals surface area contributed by atoms with Crippen molar-refractivity contribution in [3.8, 4) is 0 Å². The molecule has 0 aliphatic carbocycles. The highest BCUT2D eigenvalue weighted by atomic mass is 35.5. The fraction of sp³-hybridized carbons (Fsp3) is 0.600. The molecule has 0 radical (unpaired) electrons. The number of likely N-dealkylation sites (N-methyl/N-ethyl adjacent to an activating group) is 1. The number of piperidine rings is 1. The van der Waals surface area contributed by atoms with Crippen molar-refractivity contribution < 1.29 is 14.0 Å². The molecule has 2 fully saturated rings. The van der Waals surface area contributed by atoms with Crippen molar-refractivity contribution >= 4 is 24.2 Å². The van der Waals surface area contributed by atoms with Crippen molar-refractivity contribution in [3.63, 3.8) is 0 Å². The van der Waals surface area contributed by atoms with Gasteiger partial charge in [-0.15, -0.1) is 12.4 Å². The summed E-state index contributed by atoms with van der Waals surface area (Å²) in [5.41, 5.74) is 0.833. The molecule has 2 bridgehead atoms. The first-order chi connectivity index (χ1) is 12.5. The molecule has 2 N–H and O–H groups in total. The van der Waals surface area contributed by atoms with Crippen molar-refractivity contribution in [1.29, 1.82) is 0 Å². The molecule has 1 aromatic rings. The topological polar surface area (TPSA) is 61.4 Å². The zero-order chi connectivity index (χ0) is 18.5. The Morgan fingerprint density at radius 1 is 1.19 bits per heavy atom. The molecule has 2 atom stereocenters. The SMILES string of the molecule is CCN(CC(=O)NCc1ccc(F)cc1)C(=O)CC1CC2CCC(C1)N2.Cl. The van der Waals surface area contributed by atoms with E-state index < -0.39 is 0 Å². The number of carbonyl (C=O) groups is 2. The van der Waals surface area contributed by atoms with Gasteiger partial charge in [0.15, 0.2) is 0 Å². The second-order valence-corrected chi connectivity index (χ2v) is 7.49. The van der Waals surface area contributed by atoms with E-state index in [1.54, 1.807) is 17.0 Å². The Balaban J connectivity index is 0.00000261. The molecule has 0 spiro atoms. The Labute approximate surface area is 166 Å². The predicted molar refractivity (Wildman–Crippen MR) is 105 cm³/mol. The Morgan fingerprint density at radius 2 is 1.81 bits per heavy atom. The fourth-order valence-electron chi connectivity index (χ4n) is 4.13. The lowest BCUT2D eigenvalue weighted by Crippen LogP contribution is -2.43. The smallest absolute Gasteiger partial charge is 0.239 e. The van der Waals surface area contributed by atoms with Crippen LogP contribution in [0.15, 0.2) is 24.3 Å². The van der Waals surface area contributed by atoms with Crippen LogP contribution in [0.2, 0.25) is 0 Å². The van der Waals surface area contributed by atoms with Gasteiger partial charge in [-0.2, -0.15) is 0 Å². The minimum absolute atomic E-state index is 0. The molecular weight excluding hydrogens is 369 g/mol. The maximum Gasteiger partial charge on any atom is 0.239 e. The highest BCUT2D eigenvalue weighted by Gasteiger charge is 2.34. The Kier molecular flexibility index (Phi) is 8.05. The molecule has 150 valence electrons. The van der Waals surface area contributed by atoms with Gasteiger partial charge in [0.1, 0.15) is 5.82 Å². The third-order valence-corrected chi connectivity index (χ3v) is 5.51. The van der Waals surface area contributed by atoms with E-state index in [1.807, 2.05) is 6.92 Å².